The maximum Gasteiger partial charge on any atom is 0 e. The van der Waals surface area contributed by atoms with Gasteiger partial charge in [0.2, 0.25) is 0 Å². The molecule has 189 valence electrons. The van der Waals surface area contributed by atoms with Crippen LogP contribution in [-0.2, 0) is 52.7 Å². The second kappa shape index (κ2) is 31.8. The van der Waals surface area contributed by atoms with E-state index in [-0.39, 0.29) is 34.1 Å². The van der Waals surface area contributed by atoms with Crippen LogP contribution in [0.5, 0.6) is 0 Å². The molecule has 4 nitrogen and oxygen atoms in total. The van der Waals surface area contributed by atoms with Gasteiger partial charge in [0, 0.05) is 34.1 Å². The van der Waals surface area contributed by atoms with Crippen LogP contribution in [0.15, 0.2) is 0 Å². The molecule has 0 atom stereocenters. The molecule has 0 aromatic rings. The minimum Gasteiger partial charge on any atom is 0 e. The summed E-state index contributed by atoms with van der Waals surface area (Å²) in [5.41, 5.74) is 0. The average molecular weight is 662 g/mol. The van der Waals surface area contributed by atoms with Crippen LogP contribution in [-0.4, -0.2) is 22.3 Å². The summed E-state index contributed by atoms with van der Waals surface area (Å²) in [5.74, 6) is 14.7. The van der Waals surface area contributed by atoms with Crippen molar-refractivity contribution < 1.29 is 52.7 Å². The summed E-state index contributed by atoms with van der Waals surface area (Å²) in [6.45, 7) is 44.2. The molecule has 0 N–H and O–H groups in total. The van der Waals surface area contributed by atoms with Crippen LogP contribution < -0.4 is 0 Å². The Morgan fingerprint density at radius 1 is 0.382 bits per heavy atom. The first-order valence-corrected chi connectivity index (χ1v) is 10.7. The van der Waals surface area contributed by atoms with Crippen LogP contribution in [0.3, 0.4) is 0 Å². The van der Waals surface area contributed by atoms with Gasteiger partial charge >= 0.3 is 85.3 Å². The predicted molar refractivity (Wildman–Crippen MR) is 125 cm³/mol. The van der Waals surface area contributed by atoms with Crippen LogP contribution in [0.2, 0.25) is 0 Å². The van der Waals surface area contributed by atoms with E-state index in [1.54, 1.807) is 0 Å². The van der Waals surface area contributed by atoms with Gasteiger partial charge in [0.1, 0.15) is 0 Å². The van der Waals surface area contributed by atoms with E-state index >= 15 is 0 Å². The largest absolute Gasteiger partial charge is 0 e. The van der Waals surface area contributed by atoms with Crippen LogP contribution in [0.4, 0.5) is 0 Å². The number of hydrogen-bond donors (Lipinski definition) is 0. The first-order chi connectivity index (χ1) is 14.8. The molecule has 0 saturated heterocycles. The smallest absolute Gasteiger partial charge is 0 e. The quantitative estimate of drug-likeness (QED) is 0.161. The summed E-state index contributed by atoms with van der Waals surface area (Å²) in [4.78, 5) is 0. The maximum atomic E-state index is 7.50. The molecule has 2 aliphatic rings. The molecule has 34 heavy (non-hydrogen) atoms. The van der Waals surface area contributed by atoms with Crippen LogP contribution >= 0.6 is 0 Å². The van der Waals surface area contributed by atoms with Gasteiger partial charge in [-0.3, -0.25) is 0 Å². The van der Waals surface area contributed by atoms with Gasteiger partial charge in [-0.15, -0.1) is 0 Å². The van der Waals surface area contributed by atoms with Gasteiger partial charge in [-0.2, -0.15) is 0 Å². The second-order valence-electron chi connectivity index (χ2n) is 7.16. The fourth-order valence-electron chi connectivity index (χ4n) is 2.81. The van der Waals surface area contributed by atoms with Crippen molar-refractivity contribution in [1.82, 2.24) is 0 Å². The molecule has 0 aliphatic heterocycles. The molecule has 2 fully saturated rings. The third-order valence-electron chi connectivity index (χ3n) is 5.62. The Hall–Kier alpha value is 0.789. The van der Waals surface area contributed by atoms with Gasteiger partial charge in [-0.05, 0) is 59.2 Å². The molecule has 0 unspecified atom stereocenters. The Morgan fingerprint density at radius 3 is 0.441 bits per heavy atom. The molecule has 7 heteroatoms. The Balaban J connectivity index is -0.0000000571. The van der Waals surface area contributed by atoms with E-state index in [1.807, 2.05) is 22.3 Å². The topological polar surface area (TPSA) is 79.6 Å². The van der Waals surface area contributed by atoms with Gasteiger partial charge < -0.3 is 0 Å². The average Bonchev–Trinajstić information content (AvgIpc) is 3.09. The monoisotopic (exact) mass is 664 g/mol. The van der Waals surface area contributed by atoms with E-state index in [4.69, 9.17) is 18.6 Å². The summed E-state index contributed by atoms with van der Waals surface area (Å²) in [6, 6.07) is 0. The third-order valence-corrected chi connectivity index (χ3v) is 5.62. The van der Waals surface area contributed by atoms with Gasteiger partial charge in [0.15, 0.2) is 0 Å². The first-order valence-electron chi connectivity index (χ1n) is 9.52. The van der Waals surface area contributed by atoms with Crippen molar-refractivity contribution in [2.75, 3.05) is 0 Å². The van der Waals surface area contributed by atoms with Crippen LogP contribution in [0.1, 0.15) is 83.1 Å². The zero-order valence-corrected chi connectivity index (χ0v) is 27.0. The Bertz CT molecular complexity index is 361. The van der Waals surface area contributed by atoms with Crippen molar-refractivity contribution in [3.05, 3.63) is 89.7 Å². The molecule has 0 aromatic heterocycles. The van der Waals surface area contributed by atoms with Crippen molar-refractivity contribution >= 4 is 22.3 Å². The molecular formula is C27H36Mn2O4Te-. The van der Waals surface area contributed by atoms with E-state index in [9.17, 15) is 0 Å². The normalized spacial score (nSPS) is 18.1. The van der Waals surface area contributed by atoms with E-state index in [1.165, 1.54) is 63.1 Å². The molecule has 2 saturated carbocycles. The van der Waals surface area contributed by atoms with E-state index in [2.05, 4.69) is 110 Å². The standard InChI is InChI=1S/2C10H15.C3H6Te.4CO.2Mn/c2*1-6-7(2)9(4)10(5)8(6)3;1-3(2)4;4*1-2;;/h2*1-5H3;1-2H3;;;;;;/q;;-1;;;;;;. The van der Waals surface area contributed by atoms with E-state index in [0.717, 1.165) is 0 Å². The van der Waals surface area contributed by atoms with Crippen molar-refractivity contribution in [2.45, 2.75) is 83.1 Å². The first kappa shape index (κ1) is 51.4. The molecule has 0 heterocycles. The molecule has 0 spiro atoms. The SMILES string of the molecule is C[C-](C)[Te].C[C]1[C](C)[C](C)[C](C)[C]1C.C[C]1[C](C)[C](C)[C](C)[C]1C.[C-]#[O+].[C-]#[O+].[C-]#[O+].[C-]#[O+].[Mn].[Mn]. The number of rotatable bonds is 0. The van der Waals surface area contributed by atoms with Gasteiger partial charge in [0.05, 0.1) is 0 Å². The van der Waals surface area contributed by atoms with Crippen LogP contribution in [0.25, 0.3) is 0 Å². The Kier molecular flexibility index (Phi) is 48.1. The zero-order chi connectivity index (χ0) is 27.4. The minimum atomic E-state index is 0. The van der Waals surface area contributed by atoms with Crippen molar-refractivity contribution in [3.8, 4) is 0 Å². The molecule has 2 rings (SSSR count). The minimum absolute atomic E-state index is 0. The molecule has 0 bridgehead atoms. The van der Waals surface area contributed by atoms with Crippen molar-refractivity contribution in [3.63, 3.8) is 0 Å². The summed E-state index contributed by atoms with van der Waals surface area (Å²) >= 11 is 2.02. The Labute approximate surface area is 246 Å². The molecule has 0 aromatic carbocycles. The predicted octanol–water partition coefficient (Wildman–Crippen LogP) is 6.52. The van der Waals surface area contributed by atoms with Gasteiger partial charge in [-0.25, -0.2) is 0 Å². The summed E-state index contributed by atoms with van der Waals surface area (Å²) in [7, 11) is 0. The van der Waals surface area contributed by atoms with Crippen LogP contribution in [0, 0.1) is 89.7 Å². The second-order valence-corrected chi connectivity index (χ2v) is 9.49. The fraction of sp³-hybridized carbons (Fsp3) is 0.444. The summed E-state index contributed by atoms with van der Waals surface area (Å²) in [5, 5.41) is 0. The van der Waals surface area contributed by atoms with Gasteiger partial charge in [0.25, 0.3) is 0 Å². The summed E-state index contributed by atoms with van der Waals surface area (Å²) < 4.78 is 31.4. The zero-order valence-electron chi connectivity index (χ0n) is 22.3. The molecule has 2 aliphatic carbocycles. The van der Waals surface area contributed by atoms with Crippen molar-refractivity contribution in [1.29, 1.82) is 0 Å². The molecule has 13 radical (unpaired) electrons. The molecular weight excluding hydrogens is 626 g/mol. The maximum absolute atomic E-state index is 7.50. The van der Waals surface area contributed by atoms with E-state index in [0.29, 0.717) is 0 Å². The Morgan fingerprint density at radius 2 is 0.412 bits per heavy atom. The summed E-state index contributed by atoms with van der Waals surface area (Å²) in [6.07, 6.45) is 0. The number of hydrogen-bond acceptors (Lipinski definition) is 0. The van der Waals surface area contributed by atoms with E-state index < -0.39 is 0 Å². The van der Waals surface area contributed by atoms with Crippen molar-refractivity contribution in [2.24, 2.45) is 0 Å². The third kappa shape index (κ3) is 19.9. The van der Waals surface area contributed by atoms with Gasteiger partial charge in [-0.1, -0.05) is 69.2 Å². The molecule has 0 amide bonds. The fourth-order valence-corrected chi connectivity index (χ4v) is 2.81.